The highest BCUT2D eigenvalue weighted by molar-refractivity contribution is 5.90. The molecule has 2 fully saturated rings. The third-order valence-electron chi connectivity index (χ3n) is 7.26. The minimum Gasteiger partial charge on any atom is -0.377 e. The summed E-state index contributed by atoms with van der Waals surface area (Å²) >= 11 is 0. The molecule has 2 aromatic rings. The first-order valence-electron chi connectivity index (χ1n) is 12.2. The zero-order chi connectivity index (χ0) is 26.0. The highest BCUT2D eigenvalue weighted by Crippen LogP contribution is 2.38. The van der Waals surface area contributed by atoms with Crippen molar-refractivity contribution >= 4 is 17.5 Å². The van der Waals surface area contributed by atoms with Gasteiger partial charge in [0.1, 0.15) is 6.04 Å². The lowest BCUT2D eigenvalue weighted by Gasteiger charge is -2.27. The van der Waals surface area contributed by atoms with Gasteiger partial charge in [0.05, 0.1) is 12.0 Å². The number of aryl methyl sites for hydroxylation is 1. The molecule has 9 heteroatoms. The van der Waals surface area contributed by atoms with Gasteiger partial charge in [0.15, 0.2) is 0 Å². The molecule has 0 spiro atoms. The SMILES string of the molecule is Cc1cc(CNC(=O)[C@@H]2C[C@H](C(F)(F)F)CN2C(=O)[C@H]2CC(c3ccccc3)CN2)ccc1N(C)C. The Morgan fingerprint density at radius 3 is 2.47 bits per heavy atom. The topological polar surface area (TPSA) is 64.7 Å². The van der Waals surface area contributed by atoms with Crippen LogP contribution in [0.25, 0.3) is 0 Å². The van der Waals surface area contributed by atoms with E-state index in [9.17, 15) is 22.8 Å². The van der Waals surface area contributed by atoms with Crippen LogP contribution in [0.2, 0.25) is 0 Å². The first-order chi connectivity index (χ1) is 17.0. The summed E-state index contributed by atoms with van der Waals surface area (Å²) in [6.45, 7) is 2.21. The molecule has 36 heavy (non-hydrogen) atoms. The van der Waals surface area contributed by atoms with Crippen LogP contribution in [0, 0.1) is 12.8 Å². The number of nitrogens with zero attached hydrogens (tertiary/aromatic N) is 2. The predicted octanol–water partition coefficient (Wildman–Crippen LogP) is 3.60. The maximum atomic E-state index is 13.6. The minimum atomic E-state index is -4.47. The first kappa shape index (κ1) is 26.0. The molecule has 2 heterocycles. The molecular formula is C27H33F3N4O2. The summed E-state index contributed by atoms with van der Waals surface area (Å²) in [5.74, 6) is -2.61. The minimum absolute atomic E-state index is 0.0989. The largest absolute Gasteiger partial charge is 0.393 e. The number of nitrogens with one attached hydrogen (secondary N) is 2. The van der Waals surface area contributed by atoms with E-state index in [-0.39, 0.29) is 12.5 Å². The molecule has 2 aromatic carbocycles. The fourth-order valence-corrected chi connectivity index (χ4v) is 5.30. The number of carbonyl (C=O) groups excluding carboxylic acids is 2. The highest BCUT2D eigenvalue weighted by atomic mass is 19.4. The Morgan fingerprint density at radius 1 is 1.11 bits per heavy atom. The Kier molecular flexibility index (Phi) is 7.59. The number of carbonyl (C=O) groups is 2. The summed E-state index contributed by atoms with van der Waals surface area (Å²) in [6.07, 6.45) is -4.40. The Morgan fingerprint density at radius 2 is 1.83 bits per heavy atom. The number of benzene rings is 2. The van der Waals surface area contributed by atoms with Crippen molar-refractivity contribution in [1.82, 2.24) is 15.5 Å². The standard InChI is InChI=1S/C27H33F3N4O2/c1-17-11-18(9-10-23(17)33(2)3)14-32-25(35)24-13-21(27(28,29)30)16-34(24)26(36)22-12-20(15-31-22)19-7-5-4-6-8-19/h4-11,20-22,24,31H,12-16H2,1-3H3,(H,32,35)/t20?,21-,22+,24-/m0/s1. The van der Waals surface area contributed by atoms with Gasteiger partial charge in [-0.05, 0) is 48.4 Å². The van der Waals surface area contributed by atoms with E-state index in [0.717, 1.165) is 27.3 Å². The second kappa shape index (κ2) is 10.5. The lowest BCUT2D eigenvalue weighted by Crippen LogP contribution is -2.51. The van der Waals surface area contributed by atoms with Crippen LogP contribution in [0.4, 0.5) is 18.9 Å². The van der Waals surface area contributed by atoms with Gasteiger partial charge in [-0.2, -0.15) is 13.2 Å². The molecule has 0 bridgehead atoms. The van der Waals surface area contributed by atoms with Gasteiger partial charge in [-0.1, -0.05) is 42.5 Å². The lowest BCUT2D eigenvalue weighted by molar-refractivity contribution is -0.171. The van der Waals surface area contributed by atoms with Gasteiger partial charge in [0, 0.05) is 39.4 Å². The third-order valence-corrected chi connectivity index (χ3v) is 7.26. The van der Waals surface area contributed by atoms with Crippen LogP contribution in [0.1, 0.15) is 35.4 Å². The third kappa shape index (κ3) is 5.67. The van der Waals surface area contributed by atoms with Gasteiger partial charge < -0.3 is 20.4 Å². The molecule has 0 radical (unpaired) electrons. The molecular weight excluding hydrogens is 469 g/mol. The van der Waals surface area contributed by atoms with Gasteiger partial charge in [-0.15, -0.1) is 0 Å². The molecule has 2 aliphatic rings. The molecule has 4 atom stereocenters. The smallest absolute Gasteiger partial charge is 0.377 e. The summed E-state index contributed by atoms with van der Waals surface area (Å²) in [4.78, 5) is 29.5. The van der Waals surface area contributed by atoms with E-state index in [0.29, 0.717) is 13.0 Å². The number of halogens is 3. The number of anilines is 1. The van der Waals surface area contributed by atoms with Crippen molar-refractivity contribution in [1.29, 1.82) is 0 Å². The maximum absolute atomic E-state index is 13.6. The summed E-state index contributed by atoms with van der Waals surface area (Å²) in [5.41, 5.74) is 4.00. The second-order valence-corrected chi connectivity index (χ2v) is 10.0. The average molecular weight is 503 g/mol. The first-order valence-corrected chi connectivity index (χ1v) is 12.2. The number of amides is 2. The van der Waals surface area contributed by atoms with E-state index in [2.05, 4.69) is 10.6 Å². The van der Waals surface area contributed by atoms with E-state index in [1.807, 2.05) is 74.4 Å². The van der Waals surface area contributed by atoms with Gasteiger partial charge in [-0.3, -0.25) is 9.59 Å². The van der Waals surface area contributed by atoms with Gasteiger partial charge in [0.25, 0.3) is 0 Å². The molecule has 2 aliphatic heterocycles. The van der Waals surface area contributed by atoms with Crippen LogP contribution in [0.3, 0.4) is 0 Å². The van der Waals surface area contributed by atoms with Gasteiger partial charge >= 0.3 is 6.18 Å². The van der Waals surface area contributed by atoms with E-state index < -0.39 is 49.0 Å². The van der Waals surface area contributed by atoms with E-state index in [4.69, 9.17) is 0 Å². The fourth-order valence-electron chi connectivity index (χ4n) is 5.30. The van der Waals surface area contributed by atoms with E-state index in [1.165, 1.54) is 0 Å². The van der Waals surface area contributed by atoms with E-state index >= 15 is 0 Å². The van der Waals surface area contributed by atoms with Crippen molar-refractivity contribution in [2.24, 2.45) is 5.92 Å². The molecule has 2 amide bonds. The lowest BCUT2D eigenvalue weighted by atomic mass is 9.96. The molecule has 1 unspecified atom stereocenters. The maximum Gasteiger partial charge on any atom is 0.393 e. The Labute approximate surface area is 209 Å². The van der Waals surface area contributed by atoms with Crippen LogP contribution in [-0.2, 0) is 16.1 Å². The van der Waals surface area contributed by atoms with Gasteiger partial charge in [0.2, 0.25) is 11.8 Å². The van der Waals surface area contributed by atoms with Crippen LogP contribution in [0.15, 0.2) is 48.5 Å². The normalized spacial score (nSPS) is 24.1. The van der Waals surface area contributed by atoms with Crippen molar-refractivity contribution in [3.63, 3.8) is 0 Å². The van der Waals surface area contributed by atoms with Crippen molar-refractivity contribution in [3.05, 3.63) is 65.2 Å². The Bertz CT molecular complexity index is 1090. The monoisotopic (exact) mass is 502 g/mol. The number of rotatable bonds is 6. The van der Waals surface area contributed by atoms with Crippen LogP contribution >= 0.6 is 0 Å². The van der Waals surface area contributed by atoms with Crippen molar-refractivity contribution in [2.75, 3.05) is 32.1 Å². The summed E-state index contributed by atoms with van der Waals surface area (Å²) in [6, 6.07) is 13.7. The molecule has 2 saturated heterocycles. The zero-order valence-corrected chi connectivity index (χ0v) is 20.8. The van der Waals surface area contributed by atoms with Crippen LogP contribution < -0.4 is 15.5 Å². The molecule has 0 aliphatic carbocycles. The van der Waals surface area contributed by atoms with Crippen LogP contribution in [0.5, 0.6) is 0 Å². The van der Waals surface area contributed by atoms with Gasteiger partial charge in [-0.25, -0.2) is 0 Å². The molecule has 0 aromatic heterocycles. The molecule has 6 nitrogen and oxygen atoms in total. The van der Waals surface area contributed by atoms with Crippen molar-refractivity contribution < 1.29 is 22.8 Å². The second-order valence-electron chi connectivity index (χ2n) is 10.0. The number of likely N-dealkylation sites (tertiary alicyclic amines) is 1. The number of alkyl halides is 3. The average Bonchev–Trinajstić information content (AvgIpc) is 3.51. The molecule has 2 N–H and O–H groups in total. The summed E-state index contributed by atoms with van der Waals surface area (Å²) in [7, 11) is 3.88. The Balaban J connectivity index is 1.44. The summed E-state index contributed by atoms with van der Waals surface area (Å²) < 4.78 is 40.8. The number of hydrogen-bond donors (Lipinski definition) is 2. The predicted molar refractivity (Wildman–Crippen MR) is 133 cm³/mol. The highest BCUT2D eigenvalue weighted by Gasteiger charge is 2.52. The zero-order valence-electron chi connectivity index (χ0n) is 20.8. The number of hydrogen-bond acceptors (Lipinski definition) is 4. The summed E-state index contributed by atoms with van der Waals surface area (Å²) in [5, 5.41) is 5.93. The fraction of sp³-hybridized carbons (Fsp3) is 0.481. The molecule has 194 valence electrons. The molecule has 4 rings (SSSR count). The van der Waals surface area contributed by atoms with Crippen molar-refractivity contribution in [2.45, 2.75) is 50.5 Å². The Hall–Kier alpha value is -3.07. The van der Waals surface area contributed by atoms with Crippen molar-refractivity contribution in [3.8, 4) is 0 Å². The molecule has 0 saturated carbocycles. The quantitative estimate of drug-likeness (QED) is 0.634. The van der Waals surface area contributed by atoms with Crippen LogP contribution in [-0.4, -0.2) is 62.2 Å². The van der Waals surface area contributed by atoms with E-state index in [1.54, 1.807) is 0 Å².